The van der Waals surface area contributed by atoms with E-state index in [1.54, 1.807) is 5.32 Å². The van der Waals surface area contributed by atoms with Crippen molar-refractivity contribution in [3.05, 3.63) is 45.8 Å². The van der Waals surface area contributed by atoms with E-state index in [2.05, 4.69) is 10.3 Å². The van der Waals surface area contributed by atoms with E-state index in [1.807, 2.05) is 19.9 Å². The SMILES string of the molecule is CC(C)(C)[C@H](NC(=O)C(F)(F)F)C(=O)N1C[C@H]2[C@@H]([C@H]1C(=O)N[C@H](C#N)Cc1cc3cc(F)c(F)cc3[nH]c1=O)C2(C)C. The van der Waals surface area contributed by atoms with Crippen molar-refractivity contribution >= 4 is 28.6 Å². The molecule has 0 spiro atoms. The lowest BCUT2D eigenvalue weighted by molar-refractivity contribution is -0.176. The van der Waals surface area contributed by atoms with Crippen LogP contribution >= 0.6 is 0 Å². The molecule has 2 aliphatic rings. The van der Waals surface area contributed by atoms with Crippen molar-refractivity contribution < 1.29 is 36.3 Å². The normalized spacial score (nSPS) is 22.6. The maximum absolute atomic E-state index is 13.7. The minimum atomic E-state index is -5.23. The van der Waals surface area contributed by atoms with Crippen LogP contribution in [-0.2, 0) is 20.8 Å². The van der Waals surface area contributed by atoms with E-state index >= 15 is 0 Å². The van der Waals surface area contributed by atoms with Crippen LogP contribution in [0.4, 0.5) is 22.0 Å². The second kappa shape index (κ2) is 10.4. The first-order valence-electron chi connectivity index (χ1n) is 13.2. The van der Waals surface area contributed by atoms with E-state index in [9.17, 15) is 46.4 Å². The van der Waals surface area contributed by atoms with Gasteiger partial charge in [-0.3, -0.25) is 19.2 Å². The van der Waals surface area contributed by atoms with Crippen molar-refractivity contribution in [2.45, 2.75) is 65.3 Å². The number of nitrogens with zero attached hydrogens (tertiary/aromatic N) is 2. The number of alkyl halides is 3. The molecule has 1 saturated carbocycles. The van der Waals surface area contributed by atoms with Crippen LogP contribution in [0.5, 0.6) is 0 Å². The third kappa shape index (κ3) is 5.69. The number of piperidine rings is 1. The second-order valence-corrected chi connectivity index (χ2v) is 12.5. The number of carbonyl (C=O) groups excluding carboxylic acids is 3. The maximum atomic E-state index is 13.7. The number of aromatic amines is 1. The lowest BCUT2D eigenvalue weighted by atomic mass is 9.85. The molecule has 226 valence electrons. The number of hydrogen-bond acceptors (Lipinski definition) is 5. The smallest absolute Gasteiger partial charge is 0.338 e. The molecule has 9 nitrogen and oxygen atoms in total. The van der Waals surface area contributed by atoms with Crippen molar-refractivity contribution in [2.75, 3.05) is 6.54 Å². The third-order valence-electron chi connectivity index (χ3n) is 8.26. The molecule has 3 N–H and O–H groups in total. The molecule has 4 rings (SSSR count). The first-order chi connectivity index (χ1) is 19.3. The number of aromatic nitrogens is 1. The number of halogens is 5. The number of carbonyl (C=O) groups is 3. The molecule has 1 saturated heterocycles. The first-order valence-corrected chi connectivity index (χ1v) is 13.2. The van der Waals surface area contributed by atoms with Gasteiger partial charge in [0.25, 0.3) is 5.56 Å². The average Bonchev–Trinajstić information content (AvgIpc) is 3.20. The predicted molar refractivity (Wildman–Crippen MR) is 139 cm³/mol. The van der Waals surface area contributed by atoms with Crippen LogP contribution in [0.1, 0.15) is 40.2 Å². The van der Waals surface area contributed by atoms with E-state index in [1.165, 1.54) is 26.8 Å². The minimum Gasteiger partial charge on any atom is -0.338 e. The van der Waals surface area contributed by atoms with E-state index in [-0.39, 0.29) is 46.7 Å². The fourth-order valence-corrected chi connectivity index (χ4v) is 5.84. The van der Waals surface area contributed by atoms with Crippen LogP contribution in [-0.4, -0.2) is 58.5 Å². The Kier molecular flexibility index (Phi) is 7.63. The van der Waals surface area contributed by atoms with Gasteiger partial charge in [0.05, 0.1) is 11.6 Å². The molecule has 0 radical (unpaired) electrons. The average molecular weight is 596 g/mol. The number of likely N-dealkylation sites (tertiary alicyclic amines) is 1. The van der Waals surface area contributed by atoms with Crippen LogP contribution in [0.3, 0.4) is 0 Å². The molecule has 14 heteroatoms. The largest absolute Gasteiger partial charge is 0.471 e. The summed E-state index contributed by atoms with van der Waals surface area (Å²) in [6.45, 7) is 8.27. The summed E-state index contributed by atoms with van der Waals surface area (Å²) in [5, 5.41) is 14.2. The van der Waals surface area contributed by atoms with Crippen LogP contribution in [0.25, 0.3) is 10.9 Å². The quantitative estimate of drug-likeness (QED) is 0.442. The van der Waals surface area contributed by atoms with Gasteiger partial charge in [-0.05, 0) is 34.8 Å². The highest BCUT2D eigenvalue weighted by molar-refractivity contribution is 5.95. The van der Waals surface area contributed by atoms with E-state index in [0.717, 1.165) is 17.0 Å². The topological polar surface area (TPSA) is 135 Å². The fraction of sp³-hybridized carbons (Fsp3) is 0.536. The standard InChI is InChI=1S/C28H30F5N5O4/c1-26(2,3)21(37-25(42)28(31,32)33)24(41)38-11-15-19(27(15,4)5)20(38)23(40)35-14(10-34)7-13-6-12-8-16(29)17(30)9-18(12)36-22(13)39/h6,8-9,14-15,19-21H,7,11H2,1-5H3,(H,35,40)(H,36,39)(H,37,42)/t14-,15-,19-,20-,21+/m0/s1. The van der Waals surface area contributed by atoms with Gasteiger partial charge in [0.1, 0.15) is 18.1 Å². The van der Waals surface area contributed by atoms with Gasteiger partial charge in [-0.15, -0.1) is 0 Å². The second-order valence-electron chi connectivity index (χ2n) is 12.5. The fourth-order valence-electron chi connectivity index (χ4n) is 5.84. The highest BCUT2D eigenvalue weighted by Crippen LogP contribution is 2.65. The van der Waals surface area contributed by atoms with Gasteiger partial charge in [-0.2, -0.15) is 18.4 Å². The van der Waals surface area contributed by atoms with Gasteiger partial charge in [0.2, 0.25) is 11.8 Å². The van der Waals surface area contributed by atoms with E-state index in [0.29, 0.717) is 0 Å². The molecule has 0 bridgehead atoms. The highest BCUT2D eigenvalue weighted by atomic mass is 19.4. The number of pyridine rings is 1. The van der Waals surface area contributed by atoms with Gasteiger partial charge in [-0.1, -0.05) is 34.6 Å². The zero-order valence-corrected chi connectivity index (χ0v) is 23.5. The summed E-state index contributed by atoms with van der Waals surface area (Å²) in [7, 11) is 0. The zero-order valence-electron chi connectivity index (χ0n) is 23.5. The molecular weight excluding hydrogens is 565 g/mol. The third-order valence-corrected chi connectivity index (χ3v) is 8.26. The van der Waals surface area contributed by atoms with E-state index < -0.39 is 64.6 Å². The molecule has 3 amide bonds. The number of rotatable bonds is 6. The van der Waals surface area contributed by atoms with Crippen LogP contribution < -0.4 is 16.2 Å². The lowest BCUT2D eigenvalue weighted by Gasteiger charge is -2.37. The molecule has 2 heterocycles. The Morgan fingerprint density at radius 3 is 2.31 bits per heavy atom. The number of amides is 3. The van der Waals surface area contributed by atoms with Gasteiger partial charge >= 0.3 is 12.1 Å². The molecule has 1 aliphatic carbocycles. The van der Waals surface area contributed by atoms with Crippen molar-refractivity contribution in [3.8, 4) is 6.07 Å². The van der Waals surface area contributed by atoms with Crippen LogP contribution in [0.15, 0.2) is 23.0 Å². The Hall–Kier alpha value is -4.02. The number of benzene rings is 1. The number of nitriles is 1. The van der Waals surface area contributed by atoms with Crippen molar-refractivity contribution in [1.29, 1.82) is 5.26 Å². The minimum absolute atomic E-state index is 0.00648. The van der Waals surface area contributed by atoms with Gasteiger partial charge in [0.15, 0.2) is 11.6 Å². The first kappa shape index (κ1) is 30.9. The zero-order chi connectivity index (χ0) is 31.5. The van der Waals surface area contributed by atoms with Gasteiger partial charge in [-0.25, -0.2) is 8.78 Å². The van der Waals surface area contributed by atoms with Crippen LogP contribution in [0, 0.1) is 45.6 Å². The van der Waals surface area contributed by atoms with Crippen molar-refractivity contribution in [1.82, 2.24) is 20.5 Å². The summed E-state index contributed by atoms with van der Waals surface area (Å²) in [6, 6.07) is 0.831. The van der Waals surface area contributed by atoms with E-state index in [4.69, 9.17) is 0 Å². The molecule has 1 aliphatic heterocycles. The molecule has 1 aromatic carbocycles. The predicted octanol–water partition coefficient (Wildman–Crippen LogP) is 2.93. The lowest BCUT2D eigenvalue weighted by Crippen LogP contribution is -2.61. The summed E-state index contributed by atoms with van der Waals surface area (Å²) in [5.74, 6) is -6.69. The Labute approximate surface area is 237 Å². The summed E-state index contributed by atoms with van der Waals surface area (Å²) >= 11 is 0. The number of H-pyrrole nitrogens is 1. The summed E-state index contributed by atoms with van der Waals surface area (Å²) in [6.07, 6.45) is -5.53. The highest BCUT2D eigenvalue weighted by Gasteiger charge is 2.70. The molecule has 42 heavy (non-hydrogen) atoms. The Morgan fingerprint density at radius 2 is 1.74 bits per heavy atom. The van der Waals surface area contributed by atoms with Crippen LogP contribution in [0.2, 0.25) is 0 Å². The maximum Gasteiger partial charge on any atom is 0.471 e. The van der Waals surface area contributed by atoms with Crippen molar-refractivity contribution in [3.63, 3.8) is 0 Å². The molecule has 2 fully saturated rings. The molecule has 0 unspecified atom stereocenters. The summed E-state index contributed by atoms with van der Waals surface area (Å²) in [4.78, 5) is 55.1. The Morgan fingerprint density at radius 1 is 1.12 bits per heavy atom. The number of nitrogens with one attached hydrogen (secondary N) is 3. The van der Waals surface area contributed by atoms with Gasteiger partial charge < -0.3 is 20.5 Å². The molecule has 5 atom stereocenters. The van der Waals surface area contributed by atoms with Gasteiger partial charge in [0, 0.05) is 30.0 Å². The monoisotopic (exact) mass is 595 g/mol. The number of fused-ring (bicyclic) bond motifs is 2. The summed E-state index contributed by atoms with van der Waals surface area (Å²) in [5.41, 5.74) is -2.16. The van der Waals surface area contributed by atoms with Crippen molar-refractivity contribution in [2.24, 2.45) is 22.7 Å². The Balaban J connectivity index is 1.58. The molecular formula is C28H30F5N5O4. The molecule has 1 aromatic heterocycles. The molecule has 2 aromatic rings. The Bertz CT molecular complexity index is 1560. The summed E-state index contributed by atoms with van der Waals surface area (Å²) < 4.78 is 66.4. The number of hydrogen-bond donors (Lipinski definition) is 3.